The zero-order valence-electron chi connectivity index (χ0n) is 10.4. The minimum absolute atomic E-state index is 0.567. The van der Waals surface area contributed by atoms with Crippen LogP contribution in [-0.4, -0.2) is 22.1 Å². The van der Waals surface area contributed by atoms with Crippen LogP contribution in [0.4, 0.5) is 0 Å². The van der Waals surface area contributed by atoms with Gasteiger partial charge in [-0.3, -0.25) is 0 Å². The molecule has 0 amide bonds. The van der Waals surface area contributed by atoms with Gasteiger partial charge in [0, 0.05) is 17.5 Å². The Morgan fingerprint density at radius 3 is 2.63 bits per heavy atom. The van der Waals surface area contributed by atoms with Crippen LogP contribution in [0.5, 0.6) is 5.88 Å². The predicted molar refractivity (Wildman–Crippen MR) is 74.7 cm³/mol. The maximum absolute atomic E-state index is 5.86. The van der Waals surface area contributed by atoms with E-state index < -0.39 is 0 Å². The zero-order chi connectivity index (χ0) is 13.2. The van der Waals surface area contributed by atoms with Crippen LogP contribution in [0, 0.1) is 0 Å². The van der Waals surface area contributed by atoms with E-state index in [9.17, 15) is 0 Å². The number of aromatic amines is 1. The first-order valence-electron chi connectivity index (χ1n) is 5.88. The number of aromatic nitrogens is 3. The van der Waals surface area contributed by atoms with E-state index in [0.717, 1.165) is 28.3 Å². The van der Waals surface area contributed by atoms with Crippen LogP contribution in [0.1, 0.15) is 11.4 Å². The molecule has 0 saturated carbocycles. The molecule has 2 aromatic heterocycles. The van der Waals surface area contributed by atoms with Gasteiger partial charge in [-0.1, -0.05) is 23.7 Å². The Kier molecular flexibility index (Phi) is 3.09. The van der Waals surface area contributed by atoms with Crippen molar-refractivity contribution in [2.75, 3.05) is 7.11 Å². The topological polar surface area (TPSA) is 50.8 Å². The highest BCUT2D eigenvalue weighted by Crippen LogP contribution is 2.17. The van der Waals surface area contributed by atoms with Gasteiger partial charge in [-0.2, -0.15) is 4.98 Å². The number of fused-ring (bicyclic) bond motifs is 1. The lowest BCUT2D eigenvalue weighted by atomic mass is 10.1. The summed E-state index contributed by atoms with van der Waals surface area (Å²) in [5, 5.41) is 0.736. The van der Waals surface area contributed by atoms with E-state index in [1.807, 2.05) is 36.4 Å². The second-order valence-electron chi connectivity index (χ2n) is 4.21. The largest absolute Gasteiger partial charge is 0.481 e. The predicted octanol–water partition coefficient (Wildman–Crippen LogP) is 3.21. The third kappa shape index (κ3) is 2.53. The first-order valence-corrected chi connectivity index (χ1v) is 6.26. The third-order valence-electron chi connectivity index (χ3n) is 2.86. The monoisotopic (exact) mass is 273 g/mol. The number of nitrogens with zero attached hydrogens (tertiary/aromatic N) is 2. The van der Waals surface area contributed by atoms with Crippen molar-refractivity contribution in [3.63, 3.8) is 0 Å². The first kappa shape index (κ1) is 12.0. The highest BCUT2D eigenvalue weighted by Gasteiger charge is 2.06. The van der Waals surface area contributed by atoms with E-state index in [0.29, 0.717) is 11.5 Å². The second kappa shape index (κ2) is 4.90. The Balaban J connectivity index is 1.90. The number of hydrogen-bond donors (Lipinski definition) is 1. The molecule has 0 radical (unpaired) electrons. The summed E-state index contributed by atoms with van der Waals surface area (Å²) >= 11 is 5.86. The van der Waals surface area contributed by atoms with E-state index in [1.165, 1.54) is 0 Å². The summed E-state index contributed by atoms with van der Waals surface area (Å²) in [6, 6.07) is 11.5. The number of methoxy groups -OCH3 is 1. The van der Waals surface area contributed by atoms with Crippen molar-refractivity contribution in [3.8, 4) is 5.88 Å². The molecule has 0 fully saturated rings. The molecule has 0 bridgehead atoms. The van der Waals surface area contributed by atoms with Crippen molar-refractivity contribution in [2.24, 2.45) is 0 Å². The van der Waals surface area contributed by atoms with Crippen LogP contribution in [0.25, 0.3) is 11.2 Å². The SMILES string of the molecule is COc1ccc2[nH]c(Cc3ccc(Cl)cc3)nc2n1. The Labute approximate surface area is 115 Å². The highest BCUT2D eigenvalue weighted by molar-refractivity contribution is 6.30. The van der Waals surface area contributed by atoms with Gasteiger partial charge in [-0.15, -0.1) is 0 Å². The molecule has 1 aromatic carbocycles. The van der Waals surface area contributed by atoms with Crippen molar-refractivity contribution in [1.82, 2.24) is 15.0 Å². The lowest BCUT2D eigenvalue weighted by Crippen LogP contribution is -1.90. The summed E-state index contributed by atoms with van der Waals surface area (Å²) < 4.78 is 5.08. The average Bonchev–Trinajstić information content (AvgIpc) is 2.82. The van der Waals surface area contributed by atoms with E-state index >= 15 is 0 Å². The molecule has 3 aromatic rings. The summed E-state index contributed by atoms with van der Waals surface area (Å²) in [4.78, 5) is 12.0. The minimum atomic E-state index is 0.567. The van der Waals surface area contributed by atoms with Crippen molar-refractivity contribution in [1.29, 1.82) is 0 Å². The van der Waals surface area contributed by atoms with Crippen molar-refractivity contribution < 1.29 is 4.74 Å². The minimum Gasteiger partial charge on any atom is -0.481 e. The Morgan fingerprint density at radius 1 is 1.11 bits per heavy atom. The molecule has 0 saturated heterocycles. The third-order valence-corrected chi connectivity index (χ3v) is 3.12. The molecule has 1 N–H and O–H groups in total. The number of rotatable bonds is 3. The Bertz CT molecular complexity index is 706. The van der Waals surface area contributed by atoms with Gasteiger partial charge < -0.3 is 9.72 Å². The molecule has 0 aliphatic carbocycles. The van der Waals surface area contributed by atoms with Crippen LogP contribution in [0.2, 0.25) is 5.02 Å². The fourth-order valence-electron chi connectivity index (χ4n) is 1.92. The fourth-order valence-corrected chi connectivity index (χ4v) is 2.04. The van der Waals surface area contributed by atoms with Gasteiger partial charge in [0.2, 0.25) is 5.88 Å². The maximum Gasteiger partial charge on any atom is 0.215 e. The number of H-pyrrole nitrogens is 1. The van der Waals surface area contributed by atoms with Gasteiger partial charge in [0.15, 0.2) is 5.65 Å². The summed E-state index contributed by atoms with van der Waals surface area (Å²) in [6.07, 6.45) is 0.718. The van der Waals surface area contributed by atoms with Gasteiger partial charge in [-0.25, -0.2) is 4.98 Å². The number of ether oxygens (including phenoxy) is 1. The Hall–Kier alpha value is -2.07. The molecule has 2 heterocycles. The molecule has 5 heteroatoms. The normalized spacial score (nSPS) is 10.8. The lowest BCUT2D eigenvalue weighted by molar-refractivity contribution is 0.399. The first-order chi connectivity index (χ1) is 9.24. The number of nitrogens with one attached hydrogen (secondary N) is 1. The quantitative estimate of drug-likeness (QED) is 0.797. The average molecular weight is 274 g/mol. The van der Waals surface area contributed by atoms with Gasteiger partial charge >= 0.3 is 0 Å². The van der Waals surface area contributed by atoms with E-state index in [2.05, 4.69) is 15.0 Å². The number of imidazole rings is 1. The van der Waals surface area contributed by atoms with E-state index in [-0.39, 0.29) is 0 Å². The van der Waals surface area contributed by atoms with Crippen LogP contribution < -0.4 is 4.74 Å². The molecular weight excluding hydrogens is 262 g/mol. The molecular formula is C14H12ClN3O. The van der Waals surface area contributed by atoms with E-state index in [1.54, 1.807) is 7.11 Å². The van der Waals surface area contributed by atoms with Gasteiger partial charge in [-0.05, 0) is 23.8 Å². The van der Waals surface area contributed by atoms with Gasteiger partial charge in [0.1, 0.15) is 5.82 Å². The van der Waals surface area contributed by atoms with Crippen LogP contribution in [-0.2, 0) is 6.42 Å². The number of pyridine rings is 1. The summed E-state index contributed by atoms with van der Waals surface area (Å²) in [6.45, 7) is 0. The maximum atomic E-state index is 5.86. The molecule has 0 aliphatic rings. The zero-order valence-corrected chi connectivity index (χ0v) is 11.1. The lowest BCUT2D eigenvalue weighted by Gasteiger charge is -1.97. The molecule has 0 aliphatic heterocycles. The summed E-state index contributed by atoms with van der Waals surface area (Å²) in [5.41, 5.74) is 2.73. The molecule has 3 rings (SSSR count). The van der Waals surface area contributed by atoms with Crippen LogP contribution >= 0.6 is 11.6 Å². The van der Waals surface area contributed by atoms with Crippen molar-refractivity contribution in [3.05, 3.63) is 52.8 Å². The standard InChI is InChI=1S/C14H12ClN3O/c1-19-13-7-6-11-14(18-13)17-12(16-11)8-9-2-4-10(15)5-3-9/h2-7H,8H2,1H3,(H,16,17,18). The molecule has 96 valence electrons. The van der Waals surface area contributed by atoms with Crippen molar-refractivity contribution in [2.45, 2.75) is 6.42 Å². The smallest absolute Gasteiger partial charge is 0.215 e. The summed E-state index contributed by atoms with van der Waals surface area (Å²) in [5.74, 6) is 1.44. The van der Waals surface area contributed by atoms with Crippen LogP contribution in [0.3, 0.4) is 0 Å². The fraction of sp³-hybridized carbons (Fsp3) is 0.143. The molecule has 19 heavy (non-hydrogen) atoms. The van der Waals surface area contributed by atoms with E-state index in [4.69, 9.17) is 16.3 Å². The highest BCUT2D eigenvalue weighted by atomic mass is 35.5. The number of hydrogen-bond acceptors (Lipinski definition) is 3. The van der Waals surface area contributed by atoms with Crippen LogP contribution in [0.15, 0.2) is 36.4 Å². The number of halogens is 1. The second-order valence-corrected chi connectivity index (χ2v) is 4.65. The molecule has 0 atom stereocenters. The molecule has 0 unspecified atom stereocenters. The van der Waals surface area contributed by atoms with Crippen molar-refractivity contribution >= 4 is 22.8 Å². The molecule has 0 spiro atoms. The van der Waals surface area contributed by atoms with Gasteiger partial charge in [0.25, 0.3) is 0 Å². The number of benzene rings is 1. The Morgan fingerprint density at radius 2 is 1.89 bits per heavy atom. The summed E-state index contributed by atoms with van der Waals surface area (Å²) in [7, 11) is 1.59. The van der Waals surface area contributed by atoms with Gasteiger partial charge in [0.05, 0.1) is 12.6 Å². The molecule has 4 nitrogen and oxygen atoms in total.